The van der Waals surface area contributed by atoms with Crippen molar-refractivity contribution in [1.29, 1.82) is 0 Å². The number of hydrogen-bond acceptors (Lipinski definition) is 7. The zero-order valence-corrected chi connectivity index (χ0v) is 14.6. The molecule has 0 aromatic heterocycles. The van der Waals surface area contributed by atoms with E-state index < -0.39 is 29.7 Å². The number of hydrogen-bond donors (Lipinski definition) is 0. The molecule has 1 fully saturated rings. The van der Waals surface area contributed by atoms with Crippen LogP contribution in [-0.2, 0) is 33.3 Å². The summed E-state index contributed by atoms with van der Waals surface area (Å²) in [6, 6.07) is 0. The molecule has 1 saturated heterocycles. The van der Waals surface area contributed by atoms with Gasteiger partial charge in [0.05, 0.1) is 18.4 Å². The molecule has 138 valence electrons. The minimum atomic E-state index is -0.694. The number of carbonyl (C=O) groups excluding carboxylic acids is 3. The average Bonchev–Trinajstić information content (AvgIpc) is 3.40. The van der Waals surface area contributed by atoms with E-state index in [4.69, 9.17) is 18.9 Å². The molecule has 4 unspecified atom stereocenters. The Bertz CT molecular complexity index is 562. The summed E-state index contributed by atoms with van der Waals surface area (Å²) < 4.78 is 20.2. The van der Waals surface area contributed by atoms with Gasteiger partial charge < -0.3 is 18.9 Å². The first kappa shape index (κ1) is 19.2. The van der Waals surface area contributed by atoms with Gasteiger partial charge in [0.2, 0.25) is 0 Å². The number of carbonyl (C=O) groups is 3. The van der Waals surface area contributed by atoms with Crippen molar-refractivity contribution < 1.29 is 33.3 Å². The third kappa shape index (κ3) is 6.01. The molecule has 0 amide bonds. The second-order valence-electron chi connectivity index (χ2n) is 6.40. The molecule has 4 atom stereocenters. The van der Waals surface area contributed by atoms with Crippen molar-refractivity contribution in [2.75, 3.05) is 26.4 Å². The van der Waals surface area contributed by atoms with E-state index in [9.17, 15) is 14.4 Å². The molecule has 1 aliphatic heterocycles. The fourth-order valence-electron chi connectivity index (χ4n) is 2.50. The Morgan fingerprint density at radius 2 is 1.80 bits per heavy atom. The van der Waals surface area contributed by atoms with Crippen LogP contribution >= 0.6 is 0 Å². The van der Waals surface area contributed by atoms with Crippen LogP contribution in [0.5, 0.6) is 0 Å². The highest BCUT2D eigenvalue weighted by molar-refractivity contribution is 5.87. The molecule has 1 aliphatic carbocycles. The Morgan fingerprint density at radius 3 is 2.44 bits per heavy atom. The molecule has 0 radical (unpaired) electrons. The lowest BCUT2D eigenvalue weighted by Crippen LogP contribution is -2.35. The van der Waals surface area contributed by atoms with Crippen LogP contribution in [0.25, 0.3) is 0 Å². The van der Waals surface area contributed by atoms with Crippen molar-refractivity contribution in [3.05, 3.63) is 24.3 Å². The van der Waals surface area contributed by atoms with Gasteiger partial charge in [-0.1, -0.05) is 25.7 Å². The Morgan fingerprint density at radius 1 is 1.12 bits per heavy atom. The maximum atomic E-state index is 12.3. The van der Waals surface area contributed by atoms with Crippen molar-refractivity contribution in [2.45, 2.75) is 26.4 Å². The highest BCUT2D eigenvalue weighted by atomic mass is 16.6. The maximum absolute atomic E-state index is 12.3. The Labute approximate surface area is 146 Å². The number of ether oxygens (including phenoxy) is 4. The van der Waals surface area contributed by atoms with Crippen LogP contribution in [0.3, 0.4) is 0 Å². The van der Waals surface area contributed by atoms with Gasteiger partial charge in [0.15, 0.2) is 0 Å². The molecule has 0 bridgehead atoms. The molecule has 2 aliphatic rings. The summed E-state index contributed by atoms with van der Waals surface area (Å²) in [6.07, 6.45) is 4.08. The molecule has 7 nitrogen and oxygen atoms in total. The molecule has 0 aromatic rings. The van der Waals surface area contributed by atoms with Gasteiger partial charge >= 0.3 is 17.9 Å². The third-order valence-electron chi connectivity index (χ3n) is 4.00. The molecule has 0 saturated carbocycles. The number of allylic oxidation sites excluding steroid dienone is 1. The Hall–Kier alpha value is -2.15. The van der Waals surface area contributed by atoms with Crippen molar-refractivity contribution in [1.82, 2.24) is 0 Å². The monoisotopic (exact) mass is 352 g/mol. The molecule has 7 heteroatoms. The lowest BCUT2D eigenvalue weighted by Gasteiger charge is -2.27. The summed E-state index contributed by atoms with van der Waals surface area (Å²) in [5.74, 6) is -2.58. The summed E-state index contributed by atoms with van der Waals surface area (Å²) in [5.41, 5.74) is 0.276. The highest BCUT2D eigenvalue weighted by Crippen LogP contribution is 2.30. The van der Waals surface area contributed by atoms with Crippen LogP contribution < -0.4 is 0 Å². The normalized spacial score (nSPS) is 27.3. The van der Waals surface area contributed by atoms with Gasteiger partial charge in [-0.05, 0) is 19.3 Å². The molecule has 1 heterocycles. The zero-order valence-electron chi connectivity index (χ0n) is 14.6. The van der Waals surface area contributed by atoms with Gasteiger partial charge in [-0.2, -0.15) is 0 Å². The topological polar surface area (TPSA) is 91.4 Å². The van der Waals surface area contributed by atoms with Crippen LogP contribution in [0.4, 0.5) is 0 Å². The summed E-state index contributed by atoms with van der Waals surface area (Å²) in [7, 11) is 0. The van der Waals surface area contributed by atoms with Crippen molar-refractivity contribution in [3.63, 3.8) is 0 Å². The fraction of sp³-hybridized carbons (Fsp3) is 0.611. The highest BCUT2D eigenvalue weighted by Gasteiger charge is 2.38. The van der Waals surface area contributed by atoms with Gasteiger partial charge in [-0.25, -0.2) is 4.79 Å². The largest absolute Gasteiger partial charge is 0.463 e. The SMILES string of the molecule is C=C(C)C(=O)OCCOC(=O)C1C=CC(C)CC1C(=O)OCC1CO1. The smallest absolute Gasteiger partial charge is 0.333 e. The number of epoxide rings is 1. The Kier molecular flexibility index (Phi) is 6.75. The summed E-state index contributed by atoms with van der Waals surface area (Å²) in [4.78, 5) is 35.8. The second kappa shape index (κ2) is 8.80. The maximum Gasteiger partial charge on any atom is 0.333 e. The second-order valence-corrected chi connectivity index (χ2v) is 6.40. The quantitative estimate of drug-likeness (QED) is 0.163. The van der Waals surface area contributed by atoms with E-state index in [0.29, 0.717) is 13.0 Å². The molecule has 0 spiro atoms. The van der Waals surface area contributed by atoms with Crippen molar-refractivity contribution >= 4 is 17.9 Å². The van der Waals surface area contributed by atoms with Crippen LogP contribution in [0.2, 0.25) is 0 Å². The third-order valence-corrected chi connectivity index (χ3v) is 4.00. The first-order chi connectivity index (χ1) is 11.9. The van der Waals surface area contributed by atoms with E-state index in [1.807, 2.05) is 13.0 Å². The van der Waals surface area contributed by atoms with E-state index in [0.717, 1.165) is 0 Å². The molecule has 2 rings (SSSR count). The first-order valence-corrected chi connectivity index (χ1v) is 8.34. The lowest BCUT2D eigenvalue weighted by atomic mass is 9.79. The van der Waals surface area contributed by atoms with Crippen LogP contribution in [0.15, 0.2) is 24.3 Å². The average molecular weight is 352 g/mol. The summed E-state index contributed by atoms with van der Waals surface area (Å²) in [5, 5.41) is 0. The standard InChI is InChI=1S/C18H24O7/c1-11(2)16(19)22-6-7-23-17(20)14-5-4-12(3)8-15(14)18(21)25-10-13-9-24-13/h4-5,12-15H,1,6-10H2,2-3H3. The van der Waals surface area contributed by atoms with Crippen molar-refractivity contribution in [2.24, 2.45) is 17.8 Å². The predicted molar refractivity (Wildman–Crippen MR) is 87.3 cm³/mol. The van der Waals surface area contributed by atoms with E-state index in [1.54, 1.807) is 6.08 Å². The van der Waals surface area contributed by atoms with Gasteiger partial charge in [-0.15, -0.1) is 0 Å². The van der Waals surface area contributed by atoms with Crippen LogP contribution in [0, 0.1) is 17.8 Å². The van der Waals surface area contributed by atoms with Gasteiger partial charge in [0.25, 0.3) is 0 Å². The van der Waals surface area contributed by atoms with Crippen molar-refractivity contribution in [3.8, 4) is 0 Å². The number of rotatable bonds is 8. The van der Waals surface area contributed by atoms with E-state index >= 15 is 0 Å². The molecular formula is C18H24O7. The van der Waals surface area contributed by atoms with Gasteiger partial charge in [-0.3, -0.25) is 9.59 Å². The fourth-order valence-corrected chi connectivity index (χ4v) is 2.50. The molecule has 0 aromatic carbocycles. The van der Waals surface area contributed by atoms with E-state index in [-0.39, 0.29) is 37.4 Å². The first-order valence-electron chi connectivity index (χ1n) is 8.34. The van der Waals surface area contributed by atoms with Crippen LogP contribution in [-0.4, -0.2) is 50.4 Å². The minimum absolute atomic E-state index is 0.0195. The van der Waals surface area contributed by atoms with Crippen LogP contribution in [0.1, 0.15) is 20.3 Å². The summed E-state index contributed by atoms with van der Waals surface area (Å²) in [6.45, 7) is 7.65. The van der Waals surface area contributed by atoms with Gasteiger partial charge in [0, 0.05) is 5.57 Å². The minimum Gasteiger partial charge on any atom is -0.463 e. The lowest BCUT2D eigenvalue weighted by molar-refractivity contribution is -0.161. The zero-order chi connectivity index (χ0) is 18.4. The number of esters is 3. The van der Waals surface area contributed by atoms with E-state index in [1.165, 1.54) is 6.92 Å². The van der Waals surface area contributed by atoms with E-state index in [2.05, 4.69) is 6.58 Å². The summed E-state index contributed by atoms with van der Waals surface area (Å²) >= 11 is 0. The Balaban J connectivity index is 1.83. The molecular weight excluding hydrogens is 328 g/mol. The molecule has 0 N–H and O–H groups in total. The predicted octanol–water partition coefficient (Wildman–Crippen LogP) is 1.42. The van der Waals surface area contributed by atoms with Gasteiger partial charge in [0.1, 0.15) is 25.9 Å². The molecule has 25 heavy (non-hydrogen) atoms.